The van der Waals surface area contributed by atoms with Gasteiger partial charge in [0.25, 0.3) is 5.56 Å². The molecule has 0 radical (unpaired) electrons. The Hall–Kier alpha value is -1.56. The predicted octanol–water partition coefficient (Wildman–Crippen LogP) is 2.29. The van der Waals surface area contributed by atoms with Crippen LogP contribution in [0.25, 0.3) is 5.69 Å². The van der Waals surface area contributed by atoms with Crippen LogP contribution in [0.2, 0.25) is 10.0 Å². The van der Waals surface area contributed by atoms with Crippen molar-refractivity contribution >= 4 is 28.9 Å². The van der Waals surface area contributed by atoms with Gasteiger partial charge in [0.15, 0.2) is 0 Å². The second-order valence-electron chi connectivity index (χ2n) is 5.33. The van der Waals surface area contributed by atoms with Gasteiger partial charge in [0, 0.05) is 31.2 Å². The highest BCUT2D eigenvalue weighted by molar-refractivity contribution is 6.33. The summed E-state index contributed by atoms with van der Waals surface area (Å²) in [5.41, 5.74) is 0.961. The second kappa shape index (κ2) is 6.28. The summed E-state index contributed by atoms with van der Waals surface area (Å²) in [5.74, 6) is 0. The van der Waals surface area contributed by atoms with E-state index < -0.39 is 0 Å². The highest BCUT2D eigenvalue weighted by Gasteiger charge is 2.19. The first-order chi connectivity index (χ1) is 10.6. The fourth-order valence-corrected chi connectivity index (χ4v) is 2.92. The van der Waals surface area contributed by atoms with Gasteiger partial charge in [0.2, 0.25) is 0 Å². The third-order valence-corrected chi connectivity index (χ3v) is 4.39. The third-order valence-electron chi connectivity index (χ3n) is 3.80. The van der Waals surface area contributed by atoms with Crippen LogP contribution in [-0.2, 0) is 0 Å². The molecule has 1 saturated heterocycles. The molecule has 2 heterocycles. The van der Waals surface area contributed by atoms with Gasteiger partial charge in [-0.1, -0.05) is 29.3 Å². The lowest BCUT2D eigenvalue weighted by molar-refractivity contribution is 0.312. The summed E-state index contributed by atoms with van der Waals surface area (Å²) in [7, 11) is 2.08. The Morgan fingerprint density at radius 1 is 1.14 bits per heavy atom. The molecule has 0 spiro atoms. The van der Waals surface area contributed by atoms with Crippen molar-refractivity contribution in [3.05, 3.63) is 50.9 Å². The van der Waals surface area contributed by atoms with Crippen molar-refractivity contribution in [2.75, 3.05) is 38.1 Å². The first-order valence-corrected chi connectivity index (χ1v) is 7.79. The average Bonchev–Trinajstić information content (AvgIpc) is 2.51. The maximum atomic E-state index is 12.5. The monoisotopic (exact) mass is 338 g/mol. The smallest absolute Gasteiger partial charge is 0.292 e. The van der Waals surface area contributed by atoms with Gasteiger partial charge in [0.1, 0.15) is 5.02 Å². The van der Waals surface area contributed by atoms with E-state index in [1.165, 1.54) is 4.68 Å². The van der Waals surface area contributed by atoms with Crippen molar-refractivity contribution in [3.8, 4) is 5.69 Å². The van der Waals surface area contributed by atoms with Gasteiger partial charge < -0.3 is 9.80 Å². The Morgan fingerprint density at radius 3 is 2.55 bits per heavy atom. The molecule has 22 heavy (non-hydrogen) atoms. The third kappa shape index (κ3) is 2.97. The first-order valence-electron chi connectivity index (χ1n) is 7.03. The Balaban J connectivity index is 1.97. The van der Waals surface area contributed by atoms with Crippen molar-refractivity contribution in [1.82, 2.24) is 14.7 Å². The summed E-state index contributed by atoms with van der Waals surface area (Å²) in [6.07, 6.45) is 1.65. The molecule has 2 aromatic rings. The van der Waals surface area contributed by atoms with Gasteiger partial charge >= 0.3 is 0 Å². The Bertz CT molecular complexity index is 739. The summed E-state index contributed by atoms with van der Waals surface area (Å²) < 4.78 is 1.27. The molecule has 0 unspecified atom stereocenters. The van der Waals surface area contributed by atoms with E-state index in [2.05, 4.69) is 21.9 Å². The van der Waals surface area contributed by atoms with Gasteiger partial charge in [-0.3, -0.25) is 4.79 Å². The predicted molar refractivity (Wildman–Crippen MR) is 89.6 cm³/mol. The molecule has 0 N–H and O–H groups in total. The number of benzene rings is 1. The van der Waals surface area contributed by atoms with Gasteiger partial charge in [-0.05, 0) is 25.2 Å². The molecule has 1 aromatic carbocycles. The summed E-state index contributed by atoms with van der Waals surface area (Å²) in [5, 5.41) is 4.99. The number of nitrogens with zero attached hydrogens (tertiary/aromatic N) is 4. The molecule has 1 aromatic heterocycles. The minimum absolute atomic E-state index is 0.194. The van der Waals surface area contributed by atoms with Crippen LogP contribution < -0.4 is 10.5 Å². The quantitative estimate of drug-likeness (QED) is 0.842. The van der Waals surface area contributed by atoms with E-state index in [-0.39, 0.29) is 10.6 Å². The Labute approximate surface area is 138 Å². The lowest BCUT2D eigenvalue weighted by atomic mass is 10.3. The zero-order chi connectivity index (χ0) is 15.7. The second-order valence-corrected chi connectivity index (χ2v) is 6.15. The molecule has 0 atom stereocenters. The molecule has 1 aliphatic rings. The number of piperazine rings is 1. The van der Waals surface area contributed by atoms with E-state index in [9.17, 15) is 4.79 Å². The molecule has 7 heteroatoms. The van der Waals surface area contributed by atoms with Crippen LogP contribution in [0, 0.1) is 0 Å². The number of halogens is 2. The molecule has 3 rings (SSSR count). The maximum absolute atomic E-state index is 12.5. The van der Waals surface area contributed by atoms with Crippen LogP contribution in [0.3, 0.4) is 0 Å². The molecule has 0 amide bonds. The summed E-state index contributed by atoms with van der Waals surface area (Å²) in [6.45, 7) is 3.54. The Kier molecular flexibility index (Phi) is 4.38. The van der Waals surface area contributed by atoms with E-state index in [1.807, 2.05) is 0 Å². The highest BCUT2D eigenvalue weighted by Crippen LogP contribution is 2.23. The van der Waals surface area contributed by atoms with Crippen molar-refractivity contribution in [2.45, 2.75) is 0 Å². The molecule has 1 fully saturated rings. The maximum Gasteiger partial charge on any atom is 0.292 e. The van der Waals surface area contributed by atoms with Crippen LogP contribution in [0.5, 0.6) is 0 Å². The normalized spacial score (nSPS) is 16.0. The van der Waals surface area contributed by atoms with E-state index in [1.54, 1.807) is 30.5 Å². The van der Waals surface area contributed by atoms with Crippen LogP contribution in [0.1, 0.15) is 0 Å². The van der Waals surface area contributed by atoms with Crippen molar-refractivity contribution < 1.29 is 0 Å². The van der Waals surface area contributed by atoms with E-state index in [4.69, 9.17) is 23.2 Å². The molecule has 0 bridgehead atoms. The zero-order valence-corrected chi connectivity index (χ0v) is 13.7. The molecule has 0 aliphatic carbocycles. The lowest BCUT2D eigenvalue weighted by Crippen LogP contribution is -2.45. The molecular weight excluding hydrogens is 323 g/mol. The Morgan fingerprint density at radius 2 is 1.86 bits per heavy atom. The summed E-state index contributed by atoms with van der Waals surface area (Å²) in [4.78, 5) is 16.8. The van der Waals surface area contributed by atoms with Crippen LogP contribution in [-0.4, -0.2) is 47.9 Å². The lowest BCUT2D eigenvalue weighted by Gasteiger charge is -2.34. The van der Waals surface area contributed by atoms with E-state index >= 15 is 0 Å². The van der Waals surface area contributed by atoms with Crippen LogP contribution in [0.15, 0.2) is 35.3 Å². The SMILES string of the molecule is CN1CCN(c2cnn(-c3cccc(Cl)c3)c(=O)c2Cl)CC1. The molecule has 0 saturated carbocycles. The number of hydrogen-bond donors (Lipinski definition) is 0. The van der Waals surface area contributed by atoms with E-state index in [0.717, 1.165) is 26.2 Å². The fraction of sp³-hybridized carbons (Fsp3) is 0.333. The molecule has 1 aliphatic heterocycles. The topological polar surface area (TPSA) is 41.4 Å². The van der Waals surface area contributed by atoms with E-state index in [0.29, 0.717) is 16.4 Å². The fourth-order valence-electron chi connectivity index (χ4n) is 2.48. The minimum Gasteiger partial charge on any atom is -0.366 e. The number of aromatic nitrogens is 2. The number of hydrogen-bond acceptors (Lipinski definition) is 4. The standard InChI is InChI=1S/C15H16Cl2N4O/c1-19-5-7-20(8-6-19)13-10-18-21(15(22)14(13)17)12-4-2-3-11(16)9-12/h2-4,9-10H,5-8H2,1H3. The average molecular weight is 339 g/mol. The van der Waals surface area contributed by atoms with Crippen LogP contribution in [0.4, 0.5) is 5.69 Å². The van der Waals surface area contributed by atoms with Gasteiger partial charge in [-0.2, -0.15) is 9.78 Å². The van der Waals surface area contributed by atoms with Crippen molar-refractivity contribution in [1.29, 1.82) is 0 Å². The number of rotatable bonds is 2. The first kappa shape index (κ1) is 15.3. The molecule has 5 nitrogen and oxygen atoms in total. The van der Waals surface area contributed by atoms with Gasteiger partial charge in [0.05, 0.1) is 17.6 Å². The van der Waals surface area contributed by atoms with Gasteiger partial charge in [-0.15, -0.1) is 0 Å². The highest BCUT2D eigenvalue weighted by atomic mass is 35.5. The molecular formula is C15H16Cl2N4O. The largest absolute Gasteiger partial charge is 0.366 e. The van der Waals surface area contributed by atoms with Crippen molar-refractivity contribution in [3.63, 3.8) is 0 Å². The van der Waals surface area contributed by atoms with Crippen LogP contribution >= 0.6 is 23.2 Å². The van der Waals surface area contributed by atoms with Crippen molar-refractivity contribution in [2.24, 2.45) is 0 Å². The molecule has 116 valence electrons. The number of anilines is 1. The summed E-state index contributed by atoms with van der Waals surface area (Å²) in [6, 6.07) is 6.97. The minimum atomic E-state index is -0.333. The summed E-state index contributed by atoms with van der Waals surface area (Å²) >= 11 is 12.3. The zero-order valence-electron chi connectivity index (χ0n) is 12.2. The van der Waals surface area contributed by atoms with Gasteiger partial charge in [-0.25, -0.2) is 0 Å². The number of likely N-dealkylation sites (N-methyl/N-ethyl adjacent to an activating group) is 1.